The van der Waals surface area contributed by atoms with Crippen LogP contribution in [0.3, 0.4) is 0 Å². The van der Waals surface area contributed by atoms with E-state index in [0.29, 0.717) is 0 Å². The number of rotatable bonds is 3. The summed E-state index contributed by atoms with van der Waals surface area (Å²) in [6.07, 6.45) is -4.32. The maximum Gasteiger partial charge on any atom is 0.343 e. The lowest BCUT2D eigenvalue weighted by Crippen LogP contribution is -2.33. The summed E-state index contributed by atoms with van der Waals surface area (Å²) in [6.45, 7) is -0.570. The van der Waals surface area contributed by atoms with Gasteiger partial charge in [0.15, 0.2) is 6.23 Å². The number of halogens is 1. The predicted molar refractivity (Wildman–Crippen MR) is 82.5 cm³/mol. The molecule has 0 bridgehead atoms. The van der Waals surface area contributed by atoms with E-state index >= 15 is 0 Å². The Hall–Kier alpha value is -2.33. The molecule has 8 nitrogen and oxygen atoms in total. The van der Waals surface area contributed by atoms with E-state index in [0.717, 1.165) is 23.9 Å². The average Bonchev–Trinajstić information content (AvgIpc) is 2.90. The molecule has 1 aliphatic rings. The number of methoxy groups -OCH3 is 1. The Balaban J connectivity index is 2.29. The van der Waals surface area contributed by atoms with E-state index in [1.54, 1.807) is 0 Å². The van der Waals surface area contributed by atoms with Gasteiger partial charge >= 0.3 is 5.97 Å². The van der Waals surface area contributed by atoms with Crippen molar-refractivity contribution in [1.82, 2.24) is 4.57 Å². The second-order valence-electron chi connectivity index (χ2n) is 5.64. The Bertz CT molecular complexity index is 881. The number of nitrogens with zero attached hydrogens (tertiary/aromatic N) is 1. The molecule has 0 aliphatic carbocycles. The minimum absolute atomic E-state index is 0.111. The van der Waals surface area contributed by atoms with Crippen molar-refractivity contribution in [3.05, 3.63) is 46.0 Å². The van der Waals surface area contributed by atoms with Crippen molar-refractivity contribution < 1.29 is 34.0 Å². The molecular weight excluding hydrogens is 337 g/mol. The lowest BCUT2D eigenvalue weighted by Gasteiger charge is -2.22. The van der Waals surface area contributed by atoms with E-state index in [2.05, 4.69) is 4.74 Å². The van der Waals surface area contributed by atoms with Crippen molar-refractivity contribution in [2.45, 2.75) is 24.5 Å². The number of esters is 1. The van der Waals surface area contributed by atoms with Gasteiger partial charge in [0.25, 0.3) is 0 Å². The van der Waals surface area contributed by atoms with Crippen LogP contribution in [0.25, 0.3) is 10.9 Å². The fourth-order valence-electron chi connectivity index (χ4n) is 2.93. The molecule has 1 aromatic heterocycles. The van der Waals surface area contributed by atoms with Crippen LogP contribution in [0.15, 0.2) is 29.2 Å². The fraction of sp³-hybridized carbons (Fsp3) is 0.375. The number of benzene rings is 1. The first-order valence-electron chi connectivity index (χ1n) is 7.44. The van der Waals surface area contributed by atoms with Crippen molar-refractivity contribution in [2.75, 3.05) is 13.7 Å². The standard InChI is InChI=1S/C16H16FNO7/c1-24-16(23)8-5-18(15-14(22)13(21)10(6-19)25-15)11-7(12(8)20)3-2-4-9(11)17/h2-5,10,13-15,19,21-22H,6H2,1H3/t10-,13-,14-,15-/m1/s1. The summed E-state index contributed by atoms with van der Waals surface area (Å²) < 4.78 is 25.4. The number of hydrogen-bond donors (Lipinski definition) is 3. The summed E-state index contributed by atoms with van der Waals surface area (Å²) in [6, 6.07) is 3.74. The third-order valence-corrected chi connectivity index (χ3v) is 4.20. The SMILES string of the molecule is COC(=O)c1cn([C@@H]2O[C@H](CO)[C@@H](O)[C@H]2O)c2c(F)cccc2c1=O. The van der Waals surface area contributed by atoms with Crippen molar-refractivity contribution in [3.8, 4) is 0 Å². The highest BCUT2D eigenvalue weighted by molar-refractivity contribution is 5.93. The number of carbonyl (C=O) groups is 1. The second-order valence-corrected chi connectivity index (χ2v) is 5.64. The molecule has 134 valence electrons. The molecule has 0 saturated carbocycles. The highest BCUT2D eigenvalue weighted by atomic mass is 19.1. The number of aliphatic hydroxyl groups excluding tert-OH is 3. The number of ether oxygens (including phenoxy) is 2. The Morgan fingerprint density at radius 2 is 2.08 bits per heavy atom. The predicted octanol–water partition coefficient (Wildman–Crippen LogP) is -0.461. The van der Waals surface area contributed by atoms with Gasteiger partial charge < -0.3 is 29.4 Å². The van der Waals surface area contributed by atoms with Crippen LogP contribution >= 0.6 is 0 Å². The first-order valence-corrected chi connectivity index (χ1v) is 7.44. The molecule has 25 heavy (non-hydrogen) atoms. The Labute approximate surface area is 140 Å². The molecule has 9 heteroatoms. The number of hydrogen-bond acceptors (Lipinski definition) is 7. The maximum absolute atomic E-state index is 14.4. The Morgan fingerprint density at radius 3 is 2.68 bits per heavy atom. The lowest BCUT2D eigenvalue weighted by molar-refractivity contribution is -0.0511. The van der Waals surface area contributed by atoms with Crippen LogP contribution in [-0.4, -0.2) is 57.9 Å². The van der Waals surface area contributed by atoms with E-state index in [9.17, 15) is 29.3 Å². The van der Waals surface area contributed by atoms with Crippen molar-refractivity contribution >= 4 is 16.9 Å². The van der Waals surface area contributed by atoms with E-state index in [-0.39, 0.29) is 16.5 Å². The monoisotopic (exact) mass is 353 g/mol. The highest BCUT2D eigenvalue weighted by Crippen LogP contribution is 2.32. The van der Waals surface area contributed by atoms with Gasteiger partial charge in [-0.2, -0.15) is 0 Å². The molecule has 1 aliphatic heterocycles. The first-order chi connectivity index (χ1) is 11.9. The Morgan fingerprint density at radius 1 is 1.36 bits per heavy atom. The zero-order valence-corrected chi connectivity index (χ0v) is 13.1. The van der Waals surface area contributed by atoms with E-state index < -0.39 is 48.4 Å². The topological polar surface area (TPSA) is 118 Å². The molecule has 2 heterocycles. The Kier molecular flexibility index (Phi) is 4.56. The number of carbonyl (C=O) groups excluding carboxylic acids is 1. The number of para-hydroxylation sites is 1. The summed E-state index contributed by atoms with van der Waals surface area (Å²) in [5, 5.41) is 29.2. The second kappa shape index (κ2) is 6.52. The number of aromatic nitrogens is 1. The van der Waals surface area contributed by atoms with Crippen LogP contribution in [-0.2, 0) is 9.47 Å². The van der Waals surface area contributed by atoms with Crippen molar-refractivity contribution in [1.29, 1.82) is 0 Å². The van der Waals surface area contributed by atoms with Gasteiger partial charge in [-0.05, 0) is 12.1 Å². The number of aliphatic hydroxyl groups is 3. The zero-order chi connectivity index (χ0) is 18.3. The van der Waals surface area contributed by atoms with Gasteiger partial charge in [0, 0.05) is 11.6 Å². The van der Waals surface area contributed by atoms with Crippen LogP contribution in [0.4, 0.5) is 4.39 Å². The van der Waals surface area contributed by atoms with Crippen LogP contribution in [0, 0.1) is 5.82 Å². The largest absolute Gasteiger partial charge is 0.465 e. The molecule has 0 radical (unpaired) electrons. The smallest absolute Gasteiger partial charge is 0.343 e. The summed E-state index contributed by atoms with van der Waals surface area (Å²) in [4.78, 5) is 24.3. The minimum atomic E-state index is -1.51. The lowest BCUT2D eigenvalue weighted by atomic mass is 10.1. The highest BCUT2D eigenvalue weighted by Gasteiger charge is 2.44. The van der Waals surface area contributed by atoms with Gasteiger partial charge in [-0.1, -0.05) is 6.07 Å². The average molecular weight is 353 g/mol. The van der Waals surface area contributed by atoms with Crippen LogP contribution in [0.2, 0.25) is 0 Å². The molecule has 1 aromatic carbocycles. The van der Waals surface area contributed by atoms with Crippen LogP contribution < -0.4 is 5.43 Å². The van der Waals surface area contributed by atoms with Gasteiger partial charge in [-0.15, -0.1) is 0 Å². The molecule has 0 spiro atoms. The molecule has 3 N–H and O–H groups in total. The normalized spacial score (nSPS) is 26.1. The van der Waals surface area contributed by atoms with Gasteiger partial charge in [0.05, 0.1) is 19.2 Å². The number of pyridine rings is 1. The van der Waals surface area contributed by atoms with E-state index in [1.807, 2.05) is 0 Å². The summed E-state index contributed by atoms with van der Waals surface area (Å²) >= 11 is 0. The van der Waals surface area contributed by atoms with Gasteiger partial charge in [-0.3, -0.25) is 4.79 Å². The van der Waals surface area contributed by atoms with Crippen LogP contribution in [0.1, 0.15) is 16.6 Å². The molecular formula is C16H16FNO7. The van der Waals surface area contributed by atoms with E-state index in [4.69, 9.17) is 4.74 Å². The van der Waals surface area contributed by atoms with Crippen molar-refractivity contribution in [3.63, 3.8) is 0 Å². The fourth-order valence-corrected chi connectivity index (χ4v) is 2.93. The quantitative estimate of drug-likeness (QED) is 0.639. The van der Waals surface area contributed by atoms with Gasteiger partial charge in [0.1, 0.15) is 29.7 Å². The van der Waals surface area contributed by atoms with Gasteiger partial charge in [0.2, 0.25) is 5.43 Å². The van der Waals surface area contributed by atoms with Gasteiger partial charge in [-0.25, -0.2) is 9.18 Å². The molecule has 3 rings (SSSR count). The van der Waals surface area contributed by atoms with Crippen LogP contribution in [0.5, 0.6) is 0 Å². The minimum Gasteiger partial charge on any atom is -0.465 e. The third kappa shape index (κ3) is 2.71. The third-order valence-electron chi connectivity index (χ3n) is 4.20. The number of fused-ring (bicyclic) bond motifs is 1. The van der Waals surface area contributed by atoms with E-state index in [1.165, 1.54) is 12.1 Å². The molecule has 2 aromatic rings. The summed E-state index contributed by atoms with van der Waals surface area (Å²) in [5.41, 5.74) is -1.31. The molecule has 0 unspecified atom stereocenters. The molecule has 1 fully saturated rings. The zero-order valence-electron chi connectivity index (χ0n) is 13.1. The van der Waals surface area contributed by atoms with Crippen molar-refractivity contribution in [2.24, 2.45) is 0 Å². The first kappa shape index (κ1) is 17.5. The summed E-state index contributed by atoms with van der Waals surface area (Å²) in [5.74, 6) is -1.71. The molecule has 1 saturated heterocycles. The molecule has 0 amide bonds. The maximum atomic E-state index is 14.4. The molecule has 4 atom stereocenters. The summed E-state index contributed by atoms with van der Waals surface area (Å²) in [7, 11) is 1.09.